The number of nitrogens with zero attached hydrogens (tertiary/aromatic N) is 3. The molecule has 0 bridgehead atoms. The summed E-state index contributed by atoms with van der Waals surface area (Å²) in [6.07, 6.45) is 1.46. The third kappa shape index (κ3) is 3.05. The number of hydrogen-bond acceptors (Lipinski definition) is 6. The van der Waals surface area contributed by atoms with Crippen molar-refractivity contribution in [3.8, 4) is 6.07 Å². The van der Waals surface area contributed by atoms with E-state index in [1.807, 2.05) is 19.9 Å². The molecule has 0 aliphatic heterocycles. The van der Waals surface area contributed by atoms with Crippen molar-refractivity contribution < 1.29 is 4.92 Å². The van der Waals surface area contributed by atoms with Crippen LogP contribution >= 0.6 is 11.3 Å². The van der Waals surface area contributed by atoms with Crippen molar-refractivity contribution in [2.24, 2.45) is 0 Å². The lowest BCUT2D eigenvalue weighted by atomic mass is 10.1. The molecule has 0 radical (unpaired) electrons. The lowest BCUT2D eigenvalue weighted by Crippen LogP contribution is -2.10. The average Bonchev–Trinajstić information content (AvgIpc) is 2.87. The van der Waals surface area contributed by atoms with Gasteiger partial charge in [-0.1, -0.05) is 12.1 Å². The van der Waals surface area contributed by atoms with Crippen LogP contribution in [0.2, 0.25) is 0 Å². The van der Waals surface area contributed by atoms with Crippen LogP contribution in [0, 0.1) is 35.3 Å². The fourth-order valence-electron chi connectivity index (χ4n) is 2.43. The molecule has 0 saturated carbocycles. The van der Waals surface area contributed by atoms with Gasteiger partial charge in [0.1, 0.15) is 10.9 Å². The molecule has 1 N–H and O–H groups in total. The van der Waals surface area contributed by atoms with Gasteiger partial charge in [-0.25, -0.2) is 4.98 Å². The Morgan fingerprint density at radius 3 is 2.88 bits per heavy atom. The molecule has 25 heavy (non-hydrogen) atoms. The van der Waals surface area contributed by atoms with Crippen molar-refractivity contribution in [2.75, 3.05) is 0 Å². The number of aromatic nitrogens is 2. The monoisotopic (exact) mass is 352 g/mol. The Morgan fingerprint density at radius 1 is 1.44 bits per heavy atom. The largest absolute Gasteiger partial charge is 0.305 e. The first-order valence-electron chi connectivity index (χ1n) is 7.27. The number of nitro benzene ring substituents is 1. The van der Waals surface area contributed by atoms with Crippen molar-refractivity contribution >= 4 is 38.9 Å². The second kappa shape index (κ2) is 6.30. The minimum Gasteiger partial charge on any atom is -0.305 e. The molecule has 8 heteroatoms. The van der Waals surface area contributed by atoms with Gasteiger partial charge >= 0.3 is 0 Å². The minimum atomic E-state index is -0.507. The summed E-state index contributed by atoms with van der Waals surface area (Å²) in [4.78, 5) is 31.3. The van der Waals surface area contributed by atoms with Crippen LogP contribution in [0.5, 0.6) is 0 Å². The highest BCUT2D eigenvalue weighted by molar-refractivity contribution is 7.18. The highest BCUT2D eigenvalue weighted by atomic mass is 32.1. The lowest BCUT2D eigenvalue weighted by molar-refractivity contribution is -0.384. The van der Waals surface area contributed by atoms with Gasteiger partial charge in [0.15, 0.2) is 5.82 Å². The predicted octanol–water partition coefficient (Wildman–Crippen LogP) is 3.57. The number of aryl methyl sites for hydroxylation is 2. The Morgan fingerprint density at radius 2 is 2.20 bits per heavy atom. The SMILES string of the molecule is Cc1sc2nc(/C(C#N)=C/c3cccc([N+](=O)[O-])c3)[nH]c(=O)c2c1C. The van der Waals surface area contributed by atoms with Gasteiger partial charge in [-0.2, -0.15) is 5.26 Å². The fraction of sp³-hybridized carbons (Fsp3) is 0.118. The van der Waals surface area contributed by atoms with E-state index in [2.05, 4.69) is 9.97 Å². The number of fused-ring (bicyclic) bond motifs is 1. The zero-order valence-electron chi connectivity index (χ0n) is 13.4. The van der Waals surface area contributed by atoms with Crippen LogP contribution < -0.4 is 5.56 Å². The van der Waals surface area contributed by atoms with Crippen molar-refractivity contribution in [3.63, 3.8) is 0 Å². The Hall–Kier alpha value is -3.31. The normalized spacial score (nSPS) is 11.5. The number of benzene rings is 1. The average molecular weight is 352 g/mol. The van der Waals surface area contributed by atoms with Gasteiger partial charge in [0.05, 0.1) is 15.9 Å². The molecular formula is C17H12N4O3S. The van der Waals surface area contributed by atoms with E-state index in [9.17, 15) is 20.2 Å². The highest BCUT2D eigenvalue weighted by Crippen LogP contribution is 2.27. The Kier molecular flexibility index (Phi) is 4.17. The number of nitrogens with one attached hydrogen (secondary N) is 1. The molecule has 124 valence electrons. The Labute approximate surface area is 146 Å². The molecule has 0 saturated heterocycles. The molecule has 0 unspecified atom stereocenters. The van der Waals surface area contributed by atoms with Gasteiger partial charge in [-0.05, 0) is 31.1 Å². The first kappa shape index (κ1) is 16.5. The molecular weight excluding hydrogens is 340 g/mol. The van der Waals surface area contributed by atoms with E-state index in [1.165, 1.54) is 35.6 Å². The maximum Gasteiger partial charge on any atom is 0.270 e. The summed E-state index contributed by atoms with van der Waals surface area (Å²) in [5.41, 5.74) is 1.10. The van der Waals surface area contributed by atoms with Crippen LogP contribution in [-0.2, 0) is 0 Å². The quantitative estimate of drug-likeness (QED) is 0.440. The molecule has 1 aromatic carbocycles. The summed E-state index contributed by atoms with van der Waals surface area (Å²) >= 11 is 1.39. The van der Waals surface area contributed by atoms with Gasteiger partial charge in [-0.3, -0.25) is 14.9 Å². The second-order valence-electron chi connectivity index (χ2n) is 5.40. The number of hydrogen-bond donors (Lipinski definition) is 1. The van der Waals surface area contributed by atoms with Crippen LogP contribution in [0.3, 0.4) is 0 Å². The molecule has 0 atom stereocenters. The zero-order chi connectivity index (χ0) is 18.1. The van der Waals surface area contributed by atoms with Crippen molar-refractivity contribution in [3.05, 3.63) is 66.6 Å². The van der Waals surface area contributed by atoms with Crippen LogP contribution in [0.15, 0.2) is 29.1 Å². The number of nitriles is 1. The summed E-state index contributed by atoms with van der Waals surface area (Å²) in [7, 11) is 0. The van der Waals surface area contributed by atoms with Crippen molar-refractivity contribution in [1.82, 2.24) is 9.97 Å². The third-order valence-corrected chi connectivity index (χ3v) is 4.91. The third-order valence-electron chi connectivity index (χ3n) is 3.81. The number of allylic oxidation sites excluding steroid dienone is 1. The first-order chi connectivity index (χ1) is 11.9. The van der Waals surface area contributed by atoms with Crippen LogP contribution in [0.1, 0.15) is 21.8 Å². The predicted molar refractivity (Wildman–Crippen MR) is 96.3 cm³/mol. The number of non-ortho nitro benzene ring substituents is 1. The molecule has 0 fully saturated rings. The number of rotatable bonds is 3. The van der Waals surface area contributed by atoms with E-state index < -0.39 is 4.92 Å². The van der Waals surface area contributed by atoms with E-state index in [0.29, 0.717) is 15.8 Å². The first-order valence-corrected chi connectivity index (χ1v) is 8.09. The number of H-pyrrole nitrogens is 1. The molecule has 2 heterocycles. The van der Waals surface area contributed by atoms with E-state index in [0.717, 1.165) is 10.4 Å². The van der Waals surface area contributed by atoms with E-state index >= 15 is 0 Å². The lowest BCUT2D eigenvalue weighted by Gasteiger charge is -2.00. The minimum absolute atomic E-state index is 0.0764. The summed E-state index contributed by atoms with van der Waals surface area (Å²) < 4.78 is 0. The standard InChI is InChI=1S/C17H12N4O3S/c1-9-10(2)25-17-14(9)16(22)19-15(20-17)12(8-18)6-11-4-3-5-13(7-11)21(23)24/h3-7H,1-2H3,(H,19,20,22)/b12-6+. The maximum absolute atomic E-state index is 12.3. The fourth-order valence-corrected chi connectivity index (χ4v) is 3.46. The van der Waals surface area contributed by atoms with Crippen molar-refractivity contribution in [2.45, 2.75) is 13.8 Å². The number of aromatic amines is 1. The smallest absolute Gasteiger partial charge is 0.270 e. The summed E-state index contributed by atoms with van der Waals surface area (Å²) in [5, 5.41) is 20.8. The molecule has 0 spiro atoms. The van der Waals surface area contributed by atoms with Crippen molar-refractivity contribution in [1.29, 1.82) is 5.26 Å². The molecule has 2 aromatic heterocycles. The van der Waals surface area contributed by atoms with E-state index in [1.54, 1.807) is 6.07 Å². The molecule has 0 aliphatic carbocycles. The van der Waals surface area contributed by atoms with Gasteiger partial charge < -0.3 is 4.98 Å². The molecule has 3 rings (SSSR count). The van der Waals surface area contributed by atoms with Gasteiger partial charge in [0.2, 0.25) is 0 Å². The summed E-state index contributed by atoms with van der Waals surface area (Å²) in [6, 6.07) is 7.89. The van der Waals surface area contributed by atoms with Crippen LogP contribution in [0.4, 0.5) is 5.69 Å². The highest BCUT2D eigenvalue weighted by Gasteiger charge is 2.14. The summed E-state index contributed by atoms with van der Waals surface area (Å²) in [5.74, 6) is 0.146. The molecule has 3 aromatic rings. The van der Waals surface area contributed by atoms with E-state index in [4.69, 9.17) is 0 Å². The second-order valence-corrected chi connectivity index (χ2v) is 6.60. The van der Waals surface area contributed by atoms with Gasteiger partial charge in [0, 0.05) is 17.0 Å². The Balaban J connectivity index is 2.15. The molecule has 0 amide bonds. The van der Waals surface area contributed by atoms with Crippen LogP contribution in [-0.4, -0.2) is 14.9 Å². The van der Waals surface area contributed by atoms with E-state index in [-0.39, 0.29) is 22.6 Å². The number of thiophene rings is 1. The number of nitro groups is 1. The summed E-state index contributed by atoms with van der Waals surface area (Å²) in [6.45, 7) is 3.76. The Bertz CT molecular complexity index is 1130. The maximum atomic E-state index is 12.3. The molecule has 7 nitrogen and oxygen atoms in total. The van der Waals surface area contributed by atoms with Gasteiger partial charge in [-0.15, -0.1) is 11.3 Å². The zero-order valence-corrected chi connectivity index (χ0v) is 14.2. The van der Waals surface area contributed by atoms with Gasteiger partial charge in [0.25, 0.3) is 11.2 Å². The topological polar surface area (TPSA) is 113 Å². The molecule has 0 aliphatic rings. The van der Waals surface area contributed by atoms with Crippen LogP contribution in [0.25, 0.3) is 21.9 Å².